The maximum absolute atomic E-state index is 11.9. The van der Waals surface area contributed by atoms with Crippen LogP contribution >= 0.6 is 0 Å². The van der Waals surface area contributed by atoms with Crippen LogP contribution in [0.15, 0.2) is 16.5 Å². The van der Waals surface area contributed by atoms with E-state index in [0.717, 1.165) is 37.8 Å². The van der Waals surface area contributed by atoms with Gasteiger partial charge < -0.3 is 14.5 Å². The molecule has 1 amide bonds. The van der Waals surface area contributed by atoms with Crippen LogP contribution in [0.4, 0.5) is 5.88 Å². The first kappa shape index (κ1) is 15.0. The highest BCUT2D eigenvalue weighted by molar-refractivity contribution is 5.90. The van der Waals surface area contributed by atoms with Crippen molar-refractivity contribution in [2.45, 2.75) is 44.8 Å². The van der Waals surface area contributed by atoms with Gasteiger partial charge in [0.1, 0.15) is 4.92 Å². The van der Waals surface area contributed by atoms with E-state index in [1.807, 2.05) is 0 Å². The van der Waals surface area contributed by atoms with Crippen LogP contribution in [-0.2, 0) is 9.53 Å². The van der Waals surface area contributed by atoms with Gasteiger partial charge in [-0.05, 0) is 25.8 Å². The minimum atomic E-state index is -0.984. The summed E-state index contributed by atoms with van der Waals surface area (Å²) in [5.74, 6) is -2.14. The van der Waals surface area contributed by atoms with Crippen molar-refractivity contribution in [1.82, 2.24) is 5.32 Å². The number of ether oxygens (including phenoxy) is 1. The standard InChI is InChI=1S/C13H16N2O6/c1-8(12(16)14-9-4-2-3-5-9)20-13(17)10-6-7-11(21-10)15(18)19/h6-9H,2-5H2,1H3,(H,14,16). The van der Waals surface area contributed by atoms with Crippen molar-refractivity contribution in [3.63, 3.8) is 0 Å². The maximum Gasteiger partial charge on any atom is 0.433 e. The van der Waals surface area contributed by atoms with Crippen molar-refractivity contribution in [3.05, 3.63) is 28.0 Å². The Morgan fingerprint density at radius 1 is 1.43 bits per heavy atom. The first-order valence-corrected chi connectivity index (χ1v) is 6.73. The second-order valence-electron chi connectivity index (χ2n) is 4.93. The average molecular weight is 296 g/mol. The molecule has 21 heavy (non-hydrogen) atoms. The number of carbonyl (C=O) groups is 2. The van der Waals surface area contributed by atoms with Gasteiger partial charge in [-0.2, -0.15) is 0 Å². The summed E-state index contributed by atoms with van der Waals surface area (Å²) in [5, 5.41) is 13.3. The molecule has 1 N–H and O–H groups in total. The smallest absolute Gasteiger partial charge is 0.433 e. The maximum atomic E-state index is 11.9. The van der Waals surface area contributed by atoms with Gasteiger partial charge in [-0.15, -0.1) is 0 Å². The third-order valence-corrected chi connectivity index (χ3v) is 3.33. The van der Waals surface area contributed by atoms with E-state index in [9.17, 15) is 19.7 Å². The van der Waals surface area contributed by atoms with Gasteiger partial charge >= 0.3 is 11.9 Å². The summed E-state index contributed by atoms with van der Waals surface area (Å²) < 4.78 is 9.65. The number of carbonyl (C=O) groups excluding carboxylic acids is 2. The second kappa shape index (κ2) is 6.38. The Balaban J connectivity index is 1.88. The van der Waals surface area contributed by atoms with Crippen molar-refractivity contribution in [3.8, 4) is 0 Å². The van der Waals surface area contributed by atoms with Gasteiger partial charge in [0.05, 0.1) is 6.07 Å². The Hall–Kier alpha value is -2.38. The molecule has 8 nitrogen and oxygen atoms in total. The number of nitrogens with one attached hydrogen (secondary N) is 1. The molecule has 0 aromatic carbocycles. The van der Waals surface area contributed by atoms with Crippen molar-refractivity contribution < 1.29 is 23.7 Å². The van der Waals surface area contributed by atoms with Crippen molar-refractivity contribution in [2.75, 3.05) is 0 Å². The quantitative estimate of drug-likeness (QED) is 0.503. The molecule has 0 spiro atoms. The van der Waals surface area contributed by atoms with Crippen LogP contribution < -0.4 is 5.32 Å². The summed E-state index contributed by atoms with van der Waals surface area (Å²) in [4.78, 5) is 33.3. The topological polar surface area (TPSA) is 112 Å². The van der Waals surface area contributed by atoms with Crippen LogP contribution in [-0.4, -0.2) is 28.9 Å². The normalized spacial score (nSPS) is 16.4. The Morgan fingerprint density at radius 3 is 2.67 bits per heavy atom. The Labute approximate surface area is 120 Å². The molecule has 1 fully saturated rings. The van der Waals surface area contributed by atoms with E-state index in [0.29, 0.717) is 0 Å². The summed E-state index contributed by atoms with van der Waals surface area (Å²) in [7, 11) is 0. The van der Waals surface area contributed by atoms with Crippen LogP contribution in [0.5, 0.6) is 0 Å². The lowest BCUT2D eigenvalue weighted by atomic mass is 10.2. The minimum absolute atomic E-state index is 0.128. The van der Waals surface area contributed by atoms with Crippen LogP contribution in [0.1, 0.15) is 43.2 Å². The van der Waals surface area contributed by atoms with E-state index in [-0.39, 0.29) is 17.7 Å². The number of hydrogen-bond acceptors (Lipinski definition) is 6. The fourth-order valence-electron chi connectivity index (χ4n) is 2.20. The van der Waals surface area contributed by atoms with Crippen LogP contribution in [0.2, 0.25) is 0 Å². The SMILES string of the molecule is CC(OC(=O)c1ccc([N+](=O)[O-])o1)C(=O)NC1CCCC1. The number of hydrogen-bond donors (Lipinski definition) is 1. The molecule has 0 bridgehead atoms. The van der Waals surface area contributed by atoms with E-state index in [1.54, 1.807) is 0 Å². The summed E-state index contributed by atoms with van der Waals surface area (Å²) in [6.45, 7) is 1.44. The summed E-state index contributed by atoms with van der Waals surface area (Å²) in [6.07, 6.45) is 3.03. The second-order valence-corrected chi connectivity index (χ2v) is 4.93. The summed E-state index contributed by atoms with van der Waals surface area (Å²) in [6, 6.07) is 2.32. The lowest BCUT2D eigenvalue weighted by Crippen LogP contribution is -2.40. The van der Waals surface area contributed by atoms with E-state index in [2.05, 4.69) is 5.32 Å². The number of rotatable bonds is 5. The number of nitro groups is 1. The highest BCUT2D eigenvalue weighted by atomic mass is 16.7. The van der Waals surface area contributed by atoms with Gasteiger partial charge in [0.2, 0.25) is 5.76 Å². The van der Waals surface area contributed by atoms with Crippen LogP contribution in [0.3, 0.4) is 0 Å². The first-order valence-electron chi connectivity index (χ1n) is 6.73. The molecular weight excluding hydrogens is 280 g/mol. The third kappa shape index (κ3) is 3.80. The fourth-order valence-corrected chi connectivity index (χ4v) is 2.20. The molecule has 1 aliphatic carbocycles. The van der Waals surface area contributed by atoms with Crippen LogP contribution in [0.25, 0.3) is 0 Å². The first-order chi connectivity index (χ1) is 9.97. The van der Waals surface area contributed by atoms with Crippen molar-refractivity contribution in [1.29, 1.82) is 0 Å². The van der Waals surface area contributed by atoms with Gasteiger partial charge in [-0.3, -0.25) is 14.9 Å². The summed E-state index contributed by atoms with van der Waals surface area (Å²) in [5.41, 5.74) is 0. The molecule has 1 aliphatic rings. The van der Waals surface area contributed by atoms with E-state index in [4.69, 9.17) is 9.15 Å². The number of nitrogens with zero attached hydrogens (tertiary/aromatic N) is 1. The molecule has 1 heterocycles. The van der Waals surface area contributed by atoms with Gasteiger partial charge in [0.25, 0.3) is 5.91 Å². The van der Waals surface area contributed by atoms with E-state index in [1.165, 1.54) is 6.92 Å². The lowest BCUT2D eigenvalue weighted by Gasteiger charge is -2.16. The largest absolute Gasteiger partial charge is 0.447 e. The molecule has 0 aliphatic heterocycles. The van der Waals surface area contributed by atoms with Crippen molar-refractivity contribution in [2.24, 2.45) is 0 Å². The highest BCUT2D eigenvalue weighted by Crippen LogP contribution is 2.19. The van der Waals surface area contributed by atoms with Crippen LogP contribution in [0, 0.1) is 10.1 Å². The zero-order valence-electron chi connectivity index (χ0n) is 11.5. The number of amides is 1. The van der Waals surface area contributed by atoms with Gasteiger partial charge in [-0.25, -0.2) is 4.79 Å². The molecule has 0 saturated heterocycles. The predicted octanol–water partition coefficient (Wildman–Crippen LogP) is 1.79. The molecule has 1 atom stereocenters. The Morgan fingerprint density at radius 2 is 2.10 bits per heavy atom. The summed E-state index contributed by atoms with van der Waals surface area (Å²) >= 11 is 0. The third-order valence-electron chi connectivity index (χ3n) is 3.33. The van der Waals surface area contributed by atoms with Crippen molar-refractivity contribution >= 4 is 17.8 Å². The van der Waals surface area contributed by atoms with E-state index >= 15 is 0 Å². The Kier molecular flexibility index (Phi) is 4.56. The Bertz CT molecular complexity index is 547. The molecular formula is C13H16N2O6. The van der Waals surface area contributed by atoms with E-state index < -0.39 is 22.9 Å². The average Bonchev–Trinajstić information content (AvgIpc) is 3.09. The highest BCUT2D eigenvalue weighted by Gasteiger charge is 2.25. The molecule has 0 radical (unpaired) electrons. The molecule has 114 valence electrons. The van der Waals surface area contributed by atoms with Gasteiger partial charge in [0, 0.05) is 6.04 Å². The minimum Gasteiger partial charge on any atom is -0.447 e. The van der Waals surface area contributed by atoms with Gasteiger partial charge in [-0.1, -0.05) is 12.8 Å². The monoisotopic (exact) mass is 296 g/mol. The fraction of sp³-hybridized carbons (Fsp3) is 0.538. The molecule has 1 saturated carbocycles. The molecule has 1 aromatic rings. The number of furan rings is 1. The van der Waals surface area contributed by atoms with Gasteiger partial charge in [0.15, 0.2) is 6.10 Å². The predicted molar refractivity (Wildman–Crippen MR) is 70.6 cm³/mol. The molecule has 1 aromatic heterocycles. The molecule has 1 unspecified atom stereocenters. The zero-order chi connectivity index (χ0) is 15.4. The molecule has 2 rings (SSSR count). The zero-order valence-corrected chi connectivity index (χ0v) is 11.5. The lowest BCUT2D eigenvalue weighted by molar-refractivity contribution is -0.402. The number of esters is 1. The molecule has 8 heteroatoms.